The number of nitrogens with zero attached hydrogens (tertiary/aromatic N) is 3. The molecule has 6 heteroatoms. The van der Waals surface area contributed by atoms with Crippen LogP contribution in [-0.2, 0) is 4.79 Å². The molecule has 2 fully saturated rings. The van der Waals surface area contributed by atoms with E-state index in [0.29, 0.717) is 18.7 Å². The van der Waals surface area contributed by atoms with E-state index in [9.17, 15) is 9.59 Å². The number of likely N-dealkylation sites (tertiary alicyclic amines) is 1. The highest BCUT2D eigenvalue weighted by molar-refractivity contribution is 5.99. The molecule has 1 atom stereocenters. The molecule has 0 spiro atoms. The fraction of sp³-hybridized carbons (Fsp3) is 0.435. The highest BCUT2D eigenvalue weighted by Gasteiger charge is 2.31. The zero-order valence-corrected chi connectivity index (χ0v) is 16.7. The lowest BCUT2D eigenvalue weighted by atomic mass is 9.96. The zero-order chi connectivity index (χ0) is 20.1. The molecular formula is C23H28N4O2. The lowest BCUT2D eigenvalue weighted by Gasteiger charge is -2.34. The van der Waals surface area contributed by atoms with E-state index in [-0.39, 0.29) is 17.7 Å². The summed E-state index contributed by atoms with van der Waals surface area (Å²) in [5.41, 5.74) is 1.44. The standard InChI is InChI=1S/C23H28N4O2/c28-22(25-19-10-3-1-4-11-19)18-9-8-16-27(17-18)23(29)20-12-7-13-24-21(20)26-14-5-2-6-15-26/h1,3-4,7,10-13,18H,2,5-6,8-9,14-17H2,(H,25,28). The number of amides is 2. The van der Waals surface area contributed by atoms with E-state index in [1.165, 1.54) is 6.42 Å². The molecule has 1 aromatic carbocycles. The van der Waals surface area contributed by atoms with Crippen molar-refractivity contribution in [2.75, 3.05) is 36.4 Å². The van der Waals surface area contributed by atoms with E-state index < -0.39 is 0 Å². The molecule has 1 N–H and O–H groups in total. The number of pyridine rings is 1. The van der Waals surface area contributed by atoms with Gasteiger partial charge in [0.15, 0.2) is 0 Å². The summed E-state index contributed by atoms with van der Waals surface area (Å²) in [4.78, 5) is 34.6. The van der Waals surface area contributed by atoms with Crippen LogP contribution in [0.4, 0.5) is 11.5 Å². The van der Waals surface area contributed by atoms with Crippen LogP contribution in [0.2, 0.25) is 0 Å². The predicted octanol–water partition coefficient (Wildman–Crippen LogP) is 3.56. The molecule has 2 saturated heterocycles. The van der Waals surface area contributed by atoms with E-state index in [1.54, 1.807) is 6.20 Å². The fourth-order valence-corrected chi connectivity index (χ4v) is 4.23. The maximum Gasteiger partial charge on any atom is 0.257 e. The Balaban J connectivity index is 1.46. The van der Waals surface area contributed by atoms with E-state index in [1.807, 2.05) is 47.4 Å². The molecule has 2 amide bonds. The number of benzene rings is 1. The maximum absolute atomic E-state index is 13.3. The molecule has 1 unspecified atom stereocenters. The topological polar surface area (TPSA) is 65.5 Å². The Bertz CT molecular complexity index is 849. The third-order valence-electron chi connectivity index (χ3n) is 5.79. The number of aromatic nitrogens is 1. The van der Waals surface area contributed by atoms with Crippen molar-refractivity contribution >= 4 is 23.3 Å². The van der Waals surface area contributed by atoms with Gasteiger partial charge in [-0.05, 0) is 56.4 Å². The number of piperidine rings is 2. The number of hydrogen-bond acceptors (Lipinski definition) is 4. The number of nitrogens with one attached hydrogen (secondary N) is 1. The smallest absolute Gasteiger partial charge is 0.257 e. The molecule has 0 bridgehead atoms. The first-order valence-electron chi connectivity index (χ1n) is 10.6. The van der Waals surface area contributed by atoms with Crippen LogP contribution in [0, 0.1) is 5.92 Å². The second-order valence-corrected chi connectivity index (χ2v) is 7.87. The van der Waals surface area contributed by atoms with Gasteiger partial charge in [-0.2, -0.15) is 0 Å². The van der Waals surface area contributed by atoms with Gasteiger partial charge in [-0.3, -0.25) is 9.59 Å². The summed E-state index contributed by atoms with van der Waals surface area (Å²) in [5, 5.41) is 2.98. The number of carbonyl (C=O) groups is 2. The van der Waals surface area contributed by atoms with Gasteiger partial charge in [0.1, 0.15) is 5.82 Å². The van der Waals surface area contributed by atoms with Crippen molar-refractivity contribution < 1.29 is 9.59 Å². The minimum atomic E-state index is -0.192. The Morgan fingerprint density at radius 3 is 2.52 bits per heavy atom. The molecular weight excluding hydrogens is 364 g/mol. The first-order valence-corrected chi connectivity index (χ1v) is 10.6. The average molecular weight is 393 g/mol. The van der Waals surface area contributed by atoms with Gasteiger partial charge in [0.05, 0.1) is 11.5 Å². The van der Waals surface area contributed by atoms with E-state index in [0.717, 1.165) is 50.3 Å². The van der Waals surface area contributed by atoms with Crippen LogP contribution in [0.1, 0.15) is 42.5 Å². The van der Waals surface area contributed by atoms with Crippen LogP contribution in [0.5, 0.6) is 0 Å². The fourth-order valence-electron chi connectivity index (χ4n) is 4.23. The van der Waals surface area contributed by atoms with E-state index >= 15 is 0 Å². The summed E-state index contributed by atoms with van der Waals surface area (Å²) < 4.78 is 0. The summed E-state index contributed by atoms with van der Waals surface area (Å²) in [5.74, 6) is 0.558. The number of anilines is 2. The van der Waals surface area contributed by atoms with Crippen LogP contribution in [0.15, 0.2) is 48.7 Å². The van der Waals surface area contributed by atoms with Gasteiger partial charge < -0.3 is 15.1 Å². The minimum Gasteiger partial charge on any atom is -0.356 e. The highest BCUT2D eigenvalue weighted by atomic mass is 16.2. The van der Waals surface area contributed by atoms with Gasteiger partial charge in [-0.15, -0.1) is 0 Å². The Kier molecular flexibility index (Phi) is 6.08. The third-order valence-corrected chi connectivity index (χ3v) is 5.79. The van der Waals surface area contributed by atoms with E-state index in [2.05, 4.69) is 15.2 Å². The highest BCUT2D eigenvalue weighted by Crippen LogP contribution is 2.26. The quantitative estimate of drug-likeness (QED) is 0.864. The second kappa shape index (κ2) is 9.07. The van der Waals surface area contributed by atoms with Crippen LogP contribution in [0.25, 0.3) is 0 Å². The van der Waals surface area contributed by atoms with Gasteiger partial charge in [-0.1, -0.05) is 18.2 Å². The SMILES string of the molecule is O=C(Nc1ccccc1)C1CCCN(C(=O)c2cccnc2N2CCCCC2)C1. The monoisotopic (exact) mass is 392 g/mol. The number of carbonyl (C=O) groups excluding carboxylic acids is 2. The molecule has 152 valence electrons. The van der Waals surface area contributed by atoms with E-state index in [4.69, 9.17) is 0 Å². The van der Waals surface area contributed by atoms with Crippen molar-refractivity contribution in [3.63, 3.8) is 0 Å². The van der Waals surface area contributed by atoms with Crippen LogP contribution in [-0.4, -0.2) is 47.9 Å². The van der Waals surface area contributed by atoms with Crippen molar-refractivity contribution in [1.82, 2.24) is 9.88 Å². The maximum atomic E-state index is 13.3. The molecule has 29 heavy (non-hydrogen) atoms. The van der Waals surface area contributed by atoms with Crippen molar-refractivity contribution in [3.05, 3.63) is 54.2 Å². The average Bonchev–Trinajstić information content (AvgIpc) is 2.80. The van der Waals surface area contributed by atoms with Crippen LogP contribution >= 0.6 is 0 Å². The summed E-state index contributed by atoms with van der Waals surface area (Å²) in [6, 6.07) is 13.2. The first kappa shape index (κ1) is 19.4. The second-order valence-electron chi connectivity index (χ2n) is 7.87. The Labute approximate surface area is 171 Å². The molecule has 2 aliphatic rings. The first-order chi connectivity index (χ1) is 14.2. The molecule has 0 aliphatic carbocycles. The third kappa shape index (κ3) is 4.58. The number of hydrogen-bond donors (Lipinski definition) is 1. The molecule has 4 rings (SSSR count). The van der Waals surface area contributed by atoms with Gasteiger partial charge >= 0.3 is 0 Å². The molecule has 6 nitrogen and oxygen atoms in total. The largest absolute Gasteiger partial charge is 0.356 e. The Morgan fingerprint density at radius 2 is 1.72 bits per heavy atom. The molecule has 3 heterocycles. The van der Waals surface area contributed by atoms with Crippen molar-refractivity contribution in [2.45, 2.75) is 32.1 Å². The van der Waals surface area contributed by atoms with Crippen molar-refractivity contribution in [3.8, 4) is 0 Å². The molecule has 1 aromatic heterocycles. The Hall–Kier alpha value is -2.89. The number of para-hydroxylation sites is 1. The van der Waals surface area contributed by atoms with Crippen molar-refractivity contribution in [2.24, 2.45) is 5.92 Å². The lowest BCUT2D eigenvalue weighted by molar-refractivity contribution is -0.121. The number of rotatable bonds is 4. The zero-order valence-electron chi connectivity index (χ0n) is 16.7. The predicted molar refractivity (Wildman–Crippen MR) is 114 cm³/mol. The van der Waals surface area contributed by atoms with Crippen LogP contribution in [0.3, 0.4) is 0 Å². The van der Waals surface area contributed by atoms with Gasteiger partial charge in [-0.25, -0.2) is 4.98 Å². The minimum absolute atomic E-state index is 0.0175. The lowest BCUT2D eigenvalue weighted by Crippen LogP contribution is -2.44. The molecule has 2 aliphatic heterocycles. The van der Waals surface area contributed by atoms with Gasteiger partial charge in [0, 0.05) is 38.1 Å². The van der Waals surface area contributed by atoms with Gasteiger partial charge in [0.25, 0.3) is 5.91 Å². The molecule has 0 saturated carbocycles. The van der Waals surface area contributed by atoms with Crippen LogP contribution < -0.4 is 10.2 Å². The van der Waals surface area contributed by atoms with Crippen molar-refractivity contribution in [1.29, 1.82) is 0 Å². The normalized spacial score (nSPS) is 19.7. The summed E-state index contributed by atoms with van der Waals surface area (Å²) in [6.07, 6.45) is 6.89. The summed E-state index contributed by atoms with van der Waals surface area (Å²) in [6.45, 7) is 3.02. The molecule has 0 radical (unpaired) electrons. The summed E-state index contributed by atoms with van der Waals surface area (Å²) in [7, 11) is 0. The molecule has 2 aromatic rings. The Morgan fingerprint density at radius 1 is 0.931 bits per heavy atom. The summed E-state index contributed by atoms with van der Waals surface area (Å²) >= 11 is 0. The van der Waals surface area contributed by atoms with Gasteiger partial charge in [0.2, 0.25) is 5.91 Å².